The van der Waals surface area contributed by atoms with Gasteiger partial charge in [0.1, 0.15) is 0 Å². The predicted molar refractivity (Wildman–Crippen MR) is 63.3 cm³/mol. The van der Waals surface area contributed by atoms with Crippen molar-refractivity contribution in [2.45, 2.75) is 66.9 Å². The Balaban J connectivity index is 4.34. The van der Waals surface area contributed by atoms with E-state index in [1.54, 1.807) is 0 Å². The Bertz CT molecular complexity index is 147. The van der Waals surface area contributed by atoms with Gasteiger partial charge >= 0.3 is 0 Å². The average Bonchev–Trinajstić information content (AvgIpc) is 2.14. The molecule has 0 aliphatic rings. The van der Waals surface area contributed by atoms with Crippen LogP contribution in [0.25, 0.3) is 0 Å². The second-order valence-corrected chi connectivity index (χ2v) is 5.41. The molecule has 0 fully saturated rings. The van der Waals surface area contributed by atoms with Crippen LogP contribution < -0.4 is 0 Å². The Hall–Kier alpha value is -0.0400. The van der Waals surface area contributed by atoms with E-state index < -0.39 is 0 Å². The topological polar surface area (TPSA) is 20.2 Å². The quantitative estimate of drug-likeness (QED) is 0.690. The molecule has 0 heterocycles. The number of aliphatic hydroxyl groups is 1. The van der Waals surface area contributed by atoms with E-state index in [-0.39, 0.29) is 11.5 Å². The molecule has 0 bridgehead atoms. The molecule has 0 amide bonds. The minimum atomic E-state index is -0.153. The highest BCUT2D eigenvalue weighted by molar-refractivity contribution is 4.83. The van der Waals surface area contributed by atoms with Gasteiger partial charge in [0, 0.05) is 0 Å². The van der Waals surface area contributed by atoms with Gasteiger partial charge < -0.3 is 5.11 Å². The Morgan fingerprint density at radius 2 is 1.50 bits per heavy atom. The number of rotatable bonds is 6. The van der Waals surface area contributed by atoms with Crippen molar-refractivity contribution in [3.05, 3.63) is 0 Å². The highest BCUT2D eigenvalue weighted by atomic mass is 16.3. The molecule has 86 valence electrons. The summed E-state index contributed by atoms with van der Waals surface area (Å²) < 4.78 is 0. The molecule has 2 atom stereocenters. The van der Waals surface area contributed by atoms with E-state index in [0.717, 1.165) is 19.3 Å². The van der Waals surface area contributed by atoms with Gasteiger partial charge in [-0.25, -0.2) is 0 Å². The van der Waals surface area contributed by atoms with E-state index in [1.165, 1.54) is 0 Å². The van der Waals surface area contributed by atoms with Crippen molar-refractivity contribution < 1.29 is 5.11 Å². The zero-order chi connectivity index (χ0) is 11.4. The summed E-state index contributed by atoms with van der Waals surface area (Å²) in [7, 11) is 0. The summed E-state index contributed by atoms with van der Waals surface area (Å²) in [6.07, 6.45) is 3.09. The highest BCUT2D eigenvalue weighted by Crippen LogP contribution is 2.35. The van der Waals surface area contributed by atoms with E-state index in [1.807, 2.05) is 0 Å². The van der Waals surface area contributed by atoms with Crippen LogP contribution in [0.3, 0.4) is 0 Å². The summed E-state index contributed by atoms with van der Waals surface area (Å²) in [6.45, 7) is 13.2. The van der Waals surface area contributed by atoms with Crippen molar-refractivity contribution in [1.29, 1.82) is 0 Å². The van der Waals surface area contributed by atoms with Gasteiger partial charge in [0.15, 0.2) is 0 Å². The molecule has 0 aliphatic heterocycles. The number of hydrogen-bond donors (Lipinski definition) is 1. The van der Waals surface area contributed by atoms with Crippen molar-refractivity contribution in [1.82, 2.24) is 0 Å². The van der Waals surface area contributed by atoms with Gasteiger partial charge in [-0.05, 0) is 36.5 Å². The van der Waals surface area contributed by atoms with Gasteiger partial charge in [-0.1, -0.05) is 41.5 Å². The molecule has 0 aromatic rings. The van der Waals surface area contributed by atoms with Crippen LogP contribution in [0.1, 0.15) is 60.8 Å². The first kappa shape index (κ1) is 14.0. The molecule has 2 unspecified atom stereocenters. The molecule has 0 rings (SSSR count). The Morgan fingerprint density at radius 1 is 1.07 bits per heavy atom. The van der Waals surface area contributed by atoms with Crippen molar-refractivity contribution in [2.24, 2.45) is 17.3 Å². The van der Waals surface area contributed by atoms with Crippen molar-refractivity contribution in [2.75, 3.05) is 0 Å². The van der Waals surface area contributed by atoms with Crippen LogP contribution in [0.4, 0.5) is 0 Å². The Labute approximate surface area is 89.9 Å². The van der Waals surface area contributed by atoms with E-state index in [9.17, 15) is 5.11 Å². The molecule has 0 aliphatic carbocycles. The fourth-order valence-electron chi connectivity index (χ4n) is 2.23. The molecular formula is C13H28O. The lowest BCUT2D eigenvalue weighted by molar-refractivity contribution is -0.0147. The van der Waals surface area contributed by atoms with Crippen LogP contribution in [-0.4, -0.2) is 11.2 Å². The van der Waals surface area contributed by atoms with Gasteiger partial charge in [-0.3, -0.25) is 0 Å². The molecule has 0 aromatic carbocycles. The molecule has 0 saturated carbocycles. The lowest BCUT2D eigenvalue weighted by atomic mass is 9.73. The summed E-state index contributed by atoms with van der Waals surface area (Å²) in [6, 6.07) is 0. The summed E-state index contributed by atoms with van der Waals surface area (Å²) in [5.41, 5.74) is 0.105. The van der Waals surface area contributed by atoms with Crippen molar-refractivity contribution in [3.63, 3.8) is 0 Å². The van der Waals surface area contributed by atoms with E-state index in [2.05, 4.69) is 41.5 Å². The second-order valence-electron chi connectivity index (χ2n) is 5.41. The highest BCUT2D eigenvalue weighted by Gasteiger charge is 2.33. The maximum absolute atomic E-state index is 10.3. The molecule has 0 saturated heterocycles. The largest absolute Gasteiger partial charge is 0.392 e. The molecular weight excluding hydrogens is 172 g/mol. The van der Waals surface area contributed by atoms with Crippen LogP contribution in [0.2, 0.25) is 0 Å². The van der Waals surface area contributed by atoms with Gasteiger partial charge in [-0.2, -0.15) is 0 Å². The molecule has 1 heteroatoms. The average molecular weight is 200 g/mol. The standard InChI is InChI=1S/C13H28O/c1-7-13(6,8-2)12(14)11(5)9-10(3)4/h10-12,14H,7-9H2,1-6H3. The van der Waals surface area contributed by atoms with Crippen LogP contribution in [0.15, 0.2) is 0 Å². The first-order valence-corrected chi connectivity index (χ1v) is 6.05. The van der Waals surface area contributed by atoms with Gasteiger partial charge in [0.25, 0.3) is 0 Å². The smallest absolute Gasteiger partial charge is 0.0619 e. The van der Waals surface area contributed by atoms with Crippen LogP contribution >= 0.6 is 0 Å². The molecule has 0 radical (unpaired) electrons. The zero-order valence-electron chi connectivity index (χ0n) is 10.8. The fourth-order valence-corrected chi connectivity index (χ4v) is 2.23. The van der Waals surface area contributed by atoms with Gasteiger partial charge in [0.2, 0.25) is 0 Å². The number of aliphatic hydroxyl groups excluding tert-OH is 1. The maximum atomic E-state index is 10.3. The minimum absolute atomic E-state index is 0.105. The molecule has 14 heavy (non-hydrogen) atoms. The third kappa shape index (κ3) is 3.61. The molecule has 0 aromatic heterocycles. The van der Waals surface area contributed by atoms with Gasteiger partial charge in [-0.15, -0.1) is 0 Å². The zero-order valence-corrected chi connectivity index (χ0v) is 10.8. The normalized spacial score (nSPS) is 17.1. The molecule has 0 spiro atoms. The molecule has 1 nitrogen and oxygen atoms in total. The van der Waals surface area contributed by atoms with Crippen molar-refractivity contribution in [3.8, 4) is 0 Å². The summed E-state index contributed by atoms with van der Waals surface area (Å²) in [5.74, 6) is 1.09. The SMILES string of the molecule is CCC(C)(CC)C(O)C(C)CC(C)C. The Kier molecular flexibility index (Phi) is 5.73. The van der Waals surface area contributed by atoms with E-state index in [4.69, 9.17) is 0 Å². The first-order valence-electron chi connectivity index (χ1n) is 6.05. The predicted octanol–water partition coefficient (Wildman–Crippen LogP) is 3.86. The first-order chi connectivity index (χ1) is 6.37. The minimum Gasteiger partial charge on any atom is -0.392 e. The monoisotopic (exact) mass is 200 g/mol. The third-order valence-electron chi connectivity index (χ3n) is 3.71. The maximum Gasteiger partial charge on any atom is 0.0619 e. The van der Waals surface area contributed by atoms with Crippen LogP contribution in [-0.2, 0) is 0 Å². The fraction of sp³-hybridized carbons (Fsp3) is 1.00. The Morgan fingerprint density at radius 3 is 1.79 bits per heavy atom. The molecule has 1 N–H and O–H groups in total. The lowest BCUT2D eigenvalue weighted by Gasteiger charge is -2.37. The van der Waals surface area contributed by atoms with Gasteiger partial charge in [0.05, 0.1) is 6.10 Å². The summed E-state index contributed by atoms with van der Waals surface area (Å²) in [4.78, 5) is 0. The number of hydrogen-bond acceptors (Lipinski definition) is 1. The summed E-state index contributed by atoms with van der Waals surface area (Å²) >= 11 is 0. The van der Waals surface area contributed by atoms with Crippen LogP contribution in [0.5, 0.6) is 0 Å². The third-order valence-corrected chi connectivity index (χ3v) is 3.71. The second kappa shape index (κ2) is 5.75. The lowest BCUT2D eigenvalue weighted by Crippen LogP contribution is -2.36. The van der Waals surface area contributed by atoms with E-state index in [0.29, 0.717) is 11.8 Å². The summed E-state index contributed by atoms with van der Waals surface area (Å²) in [5, 5.41) is 10.3. The van der Waals surface area contributed by atoms with Crippen LogP contribution in [0, 0.1) is 17.3 Å². The van der Waals surface area contributed by atoms with E-state index >= 15 is 0 Å². The van der Waals surface area contributed by atoms with Crippen molar-refractivity contribution >= 4 is 0 Å².